The molecular weight excluding hydrogens is 292 g/mol. The number of nitrogens with zero attached hydrogens (tertiary/aromatic N) is 1. The summed E-state index contributed by atoms with van der Waals surface area (Å²) in [6.45, 7) is 3.06. The van der Waals surface area contributed by atoms with E-state index in [1.54, 1.807) is 12.1 Å². The van der Waals surface area contributed by atoms with Crippen LogP contribution in [0.1, 0.15) is 42.5 Å². The van der Waals surface area contributed by atoms with Gasteiger partial charge < -0.3 is 20.1 Å². The Balaban J connectivity index is 1.65. The molecule has 2 heterocycles. The highest BCUT2D eigenvalue weighted by atomic mass is 16.5. The van der Waals surface area contributed by atoms with Crippen LogP contribution in [-0.4, -0.2) is 48.7 Å². The van der Waals surface area contributed by atoms with E-state index in [0.717, 1.165) is 0 Å². The van der Waals surface area contributed by atoms with Gasteiger partial charge in [0.2, 0.25) is 0 Å². The number of amides is 1. The van der Waals surface area contributed by atoms with Gasteiger partial charge in [0.15, 0.2) is 0 Å². The van der Waals surface area contributed by atoms with Crippen LogP contribution in [0.4, 0.5) is 0 Å². The standard InChI is InChI=1S/C18H26N2O3/c1-23-16-9-4-8-15(21)17(16)18(22)19-12-13-6-5-11-20-10-3-2-7-14(13)20/h4,8-9,13-14,21H,2-3,5-7,10-12H2,1H3,(H,19,22)/t13-,14+/m0/s1. The molecule has 2 aliphatic heterocycles. The average molecular weight is 318 g/mol. The lowest BCUT2D eigenvalue weighted by Crippen LogP contribution is -2.51. The van der Waals surface area contributed by atoms with Crippen LogP contribution in [0.2, 0.25) is 0 Å². The van der Waals surface area contributed by atoms with Crippen LogP contribution in [0, 0.1) is 5.92 Å². The Morgan fingerprint density at radius 1 is 1.30 bits per heavy atom. The number of benzene rings is 1. The van der Waals surface area contributed by atoms with Crippen LogP contribution in [0.15, 0.2) is 18.2 Å². The second-order valence-electron chi connectivity index (χ2n) is 6.57. The monoisotopic (exact) mass is 318 g/mol. The molecule has 2 saturated heterocycles. The molecule has 0 unspecified atom stereocenters. The molecule has 2 N–H and O–H groups in total. The number of ether oxygens (including phenoxy) is 1. The number of piperidine rings is 2. The Kier molecular flexibility index (Phi) is 5.06. The summed E-state index contributed by atoms with van der Waals surface area (Å²) >= 11 is 0. The zero-order chi connectivity index (χ0) is 16.2. The third-order valence-electron chi connectivity index (χ3n) is 5.20. The van der Waals surface area contributed by atoms with E-state index in [1.807, 2.05) is 0 Å². The van der Waals surface area contributed by atoms with Crippen molar-refractivity contribution in [3.8, 4) is 11.5 Å². The van der Waals surface area contributed by atoms with Gasteiger partial charge in [-0.2, -0.15) is 0 Å². The Labute approximate surface area is 137 Å². The first-order valence-electron chi connectivity index (χ1n) is 8.59. The number of phenols is 1. The number of nitrogens with one attached hydrogen (secondary N) is 1. The fourth-order valence-electron chi connectivity index (χ4n) is 4.05. The van der Waals surface area contributed by atoms with E-state index in [4.69, 9.17) is 4.74 Å². The van der Waals surface area contributed by atoms with Gasteiger partial charge in [0.1, 0.15) is 17.1 Å². The minimum atomic E-state index is -0.257. The second-order valence-corrected chi connectivity index (χ2v) is 6.57. The zero-order valence-corrected chi connectivity index (χ0v) is 13.8. The Morgan fingerprint density at radius 3 is 2.96 bits per heavy atom. The van der Waals surface area contributed by atoms with Gasteiger partial charge in [-0.1, -0.05) is 12.5 Å². The van der Waals surface area contributed by atoms with Gasteiger partial charge in [-0.15, -0.1) is 0 Å². The Bertz CT molecular complexity index is 559. The molecule has 3 rings (SSSR count). The van der Waals surface area contributed by atoms with Crippen molar-refractivity contribution < 1.29 is 14.6 Å². The maximum absolute atomic E-state index is 12.5. The molecule has 2 fully saturated rings. The van der Waals surface area contributed by atoms with Gasteiger partial charge in [0.25, 0.3) is 5.91 Å². The molecule has 23 heavy (non-hydrogen) atoms. The summed E-state index contributed by atoms with van der Waals surface area (Å²) < 4.78 is 5.20. The van der Waals surface area contributed by atoms with E-state index in [-0.39, 0.29) is 17.2 Å². The van der Waals surface area contributed by atoms with Crippen LogP contribution in [0.25, 0.3) is 0 Å². The van der Waals surface area contributed by atoms with Crippen LogP contribution in [-0.2, 0) is 0 Å². The molecule has 0 saturated carbocycles. The van der Waals surface area contributed by atoms with E-state index < -0.39 is 0 Å². The van der Waals surface area contributed by atoms with Crippen molar-refractivity contribution in [3.05, 3.63) is 23.8 Å². The topological polar surface area (TPSA) is 61.8 Å². The highest BCUT2D eigenvalue weighted by Crippen LogP contribution is 2.31. The predicted octanol–water partition coefficient (Wildman–Crippen LogP) is 2.40. The van der Waals surface area contributed by atoms with E-state index in [0.29, 0.717) is 24.3 Å². The number of rotatable bonds is 4. The molecule has 0 aromatic heterocycles. The van der Waals surface area contributed by atoms with E-state index >= 15 is 0 Å². The molecule has 5 nitrogen and oxygen atoms in total. The van der Waals surface area contributed by atoms with E-state index in [1.165, 1.54) is 58.4 Å². The number of carbonyl (C=O) groups excluding carboxylic acids is 1. The van der Waals surface area contributed by atoms with Crippen molar-refractivity contribution in [2.45, 2.75) is 38.1 Å². The number of hydrogen-bond acceptors (Lipinski definition) is 4. The molecule has 0 bridgehead atoms. The number of aromatic hydroxyl groups is 1. The van der Waals surface area contributed by atoms with Crippen LogP contribution in [0.3, 0.4) is 0 Å². The number of hydrogen-bond donors (Lipinski definition) is 2. The molecule has 0 radical (unpaired) electrons. The van der Waals surface area contributed by atoms with Gasteiger partial charge in [-0.25, -0.2) is 0 Å². The summed E-state index contributed by atoms with van der Waals surface area (Å²) in [5.41, 5.74) is 0.228. The lowest BCUT2D eigenvalue weighted by atomic mass is 9.83. The minimum absolute atomic E-state index is 0.0372. The first-order chi connectivity index (χ1) is 11.2. The molecular formula is C18H26N2O3. The van der Waals surface area contributed by atoms with E-state index in [2.05, 4.69) is 10.2 Å². The largest absolute Gasteiger partial charge is 0.507 e. The summed E-state index contributed by atoms with van der Waals surface area (Å²) in [4.78, 5) is 15.1. The average Bonchev–Trinajstić information content (AvgIpc) is 2.59. The summed E-state index contributed by atoms with van der Waals surface area (Å²) in [6, 6.07) is 5.48. The molecule has 0 aliphatic carbocycles. The van der Waals surface area contributed by atoms with Crippen LogP contribution < -0.4 is 10.1 Å². The fraction of sp³-hybridized carbons (Fsp3) is 0.611. The summed E-state index contributed by atoms with van der Waals surface area (Å²) in [5, 5.41) is 13.0. The fourth-order valence-corrected chi connectivity index (χ4v) is 4.05. The molecule has 2 atom stereocenters. The molecule has 0 spiro atoms. The van der Waals surface area contributed by atoms with E-state index in [9.17, 15) is 9.90 Å². The van der Waals surface area contributed by atoms with Crippen molar-refractivity contribution >= 4 is 5.91 Å². The summed E-state index contributed by atoms with van der Waals surface area (Å²) in [6.07, 6.45) is 6.19. The van der Waals surface area contributed by atoms with Gasteiger partial charge >= 0.3 is 0 Å². The first kappa shape index (κ1) is 16.1. The second kappa shape index (κ2) is 7.21. The smallest absolute Gasteiger partial charge is 0.258 e. The quantitative estimate of drug-likeness (QED) is 0.895. The maximum Gasteiger partial charge on any atom is 0.258 e. The Hall–Kier alpha value is -1.75. The van der Waals surface area contributed by atoms with Crippen molar-refractivity contribution in [1.82, 2.24) is 10.2 Å². The minimum Gasteiger partial charge on any atom is -0.507 e. The molecule has 1 aromatic rings. The predicted molar refractivity (Wildman–Crippen MR) is 88.9 cm³/mol. The number of methoxy groups -OCH3 is 1. The van der Waals surface area contributed by atoms with Gasteiger partial charge in [-0.3, -0.25) is 4.79 Å². The zero-order valence-electron chi connectivity index (χ0n) is 13.8. The van der Waals surface area contributed by atoms with Crippen molar-refractivity contribution in [2.75, 3.05) is 26.7 Å². The van der Waals surface area contributed by atoms with Crippen molar-refractivity contribution in [1.29, 1.82) is 0 Å². The Morgan fingerprint density at radius 2 is 2.13 bits per heavy atom. The molecule has 126 valence electrons. The third kappa shape index (κ3) is 3.44. The number of phenolic OH excluding ortho intramolecular Hbond substituents is 1. The molecule has 1 aromatic carbocycles. The number of carbonyl (C=O) groups is 1. The molecule has 2 aliphatic rings. The SMILES string of the molecule is COc1cccc(O)c1C(=O)NC[C@@H]1CCCN2CCCC[C@H]12. The maximum atomic E-state index is 12.5. The van der Waals surface area contributed by atoms with Crippen LogP contribution in [0.5, 0.6) is 11.5 Å². The normalized spacial score (nSPS) is 24.7. The van der Waals surface area contributed by atoms with Gasteiger partial charge in [-0.05, 0) is 56.8 Å². The van der Waals surface area contributed by atoms with Gasteiger partial charge in [0, 0.05) is 12.6 Å². The van der Waals surface area contributed by atoms with Gasteiger partial charge in [0.05, 0.1) is 7.11 Å². The highest BCUT2D eigenvalue weighted by Gasteiger charge is 2.33. The lowest BCUT2D eigenvalue weighted by Gasteiger charge is -2.44. The third-order valence-corrected chi connectivity index (χ3v) is 5.20. The lowest BCUT2D eigenvalue weighted by molar-refractivity contribution is 0.0575. The van der Waals surface area contributed by atoms with Crippen LogP contribution >= 0.6 is 0 Å². The van der Waals surface area contributed by atoms with Crippen molar-refractivity contribution in [2.24, 2.45) is 5.92 Å². The summed E-state index contributed by atoms with van der Waals surface area (Å²) in [5.74, 6) is 0.618. The first-order valence-corrected chi connectivity index (χ1v) is 8.59. The molecule has 5 heteroatoms. The highest BCUT2D eigenvalue weighted by molar-refractivity contribution is 5.99. The molecule has 1 amide bonds. The van der Waals surface area contributed by atoms with Crippen molar-refractivity contribution in [3.63, 3.8) is 0 Å². The number of fused-ring (bicyclic) bond motifs is 1. The summed E-state index contributed by atoms with van der Waals surface area (Å²) in [7, 11) is 1.51.